The zero-order valence-corrected chi connectivity index (χ0v) is 62.5. The first kappa shape index (κ1) is 74.5. The minimum absolute atomic E-state index is 0.00717. The van der Waals surface area contributed by atoms with Crippen LogP contribution in [0.5, 0.6) is 17.6 Å². The molecule has 22 heteroatoms. The molecule has 16 rings (SSSR count). The number of benzene rings is 3. The predicted molar refractivity (Wildman–Crippen MR) is 423 cm³/mol. The Bertz CT molecular complexity index is 4540. The summed E-state index contributed by atoms with van der Waals surface area (Å²) in [6.07, 6.45) is 20.1. The second-order valence-electron chi connectivity index (χ2n) is 29.5. The topological polar surface area (TPSA) is 263 Å². The van der Waals surface area contributed by atoms with E-state index in [4.69, 9.17) is 46.1 Å². The van der Waals surface area contributed by atoms with E-state index >= 15 is 0 Å². The van der Waals surface area contributed by atoms with Gasteiger partial charge in [-0.25, -0.2) is 0 Å². The molecule has 3 aromatic carbocycles. The molecule has 0 unspecified atom stereocenters. The van der Waals surface area contributed by atoms with Gasteiger partial charge in [-0.2, -0.15) is 15.0 Å². The van der Waals surface area contributed by atoms with Crippen LogP contribution in [0.15, 0.2) is 146 Å². The Morgan fingerprint density at radius 3 is 1.14 bits per heavy atom. The zero-order chi connectivity index (χ0) is 74.3. The first-order chi connectivity index (χ1) is 52.8. The Morgan fingerprint density at radius 1 is 0.407 bits per heavy atom. The number of unbranched alkanes of at least 4 members (excludes halogenated alkanes) is 2. The van der Waals surface area contributed by atoms with E-state index in [-0.39, 0.29) is 37.0 Å². The van der Waals surface area contributed by atoms with E-state index < -0.39 is 0 Å². The third kappa shape index (κ3) is 18.8. The maximum absolute atomic E-state index is 12.9. The fraction of sp³-hybridized carbons (Fsp3) is 0.407. The van der Waals surface area contributed by atoms with Crippen LogP contribution in [-0.2, 0) is 77.7 Å². The number of hydrogen-bond acceptors (Lipinski definition) is 19. The largest absolute Gasteiger partial charge is 0.478 e. The molecule has 9 aromatic rings. The molecule has 4 saturated heterocycles. The summed E-state index contributed by atoms with van der Waals surface area (Å²) in [5.41, 5.74) is 36.2. The molecule has 6 N–H and O–H groups in total. The van der Waals surface area contributed by atoms with Gasteiger partial charge in [0.15, 0.2) is 0 Å². The highest BCUT2D eigenvalue weighted by Gasteiger charge is 2.34. The number of carbonyl (C=O) groups is 3. The highest BCUT2D eigenvalue weighted by Crippen LogP contribution is 2.40. The van der Waals surface area contributed by atoms with Crippen molar-refractivity contribution in [1.29, 1.82) is 0 Å². The van der Waals surface area contributed by atoms with Crippen LogP contribution in [0, 0.1) is 5.92 Å². The van der Waals surface area contributed by atoms with Gasteiger partial charge in [0.2, 0.25) is 35.4 Å². The van der Waals surface area contributed by atoms with Crippen LogP contribution in [-0.4, -0.2) is 135 Å². The summed E-state index contributed by atoms with van der Waals surface area (Å²) in [7, 11) is 0. The number of nitrogens with two attached hydrogens (primary N) is 3. The molecule has 0 atom stereocenters. The summed E-state index contributed by atoms with van der Waals surface area (Å²) in [5.74, 6) is 2.98. The van der Waals surface area contributed by atoms with Crippen molar-refractivity contribution in [3.63, 3.8) is 0 Å². The molecular formula is C86H101N15O7. The molecule has 0 saturated carbocycles. The van der Waals surface area contributed by atoms with E-state index in [1.165, 1.54) is 94.5 Å². The van der Waals surface area contributed by atoms with Crippen LogP contribution in [0.2, 0.25) is 0 Å². The zero-order valence-electron chi connectivity index (χ0n) is 62.5. The SMILES string of the molecule is CCCCOc1cc2c(c(N)n1)CC(=O)N2Cc1ccc(-c2ccc(CN3CCCC3)cc2)nc1.CCCCOc1cc2c(c(N)n1)CC(=O)N2Cc1ccc(-c2cccc(CN3CCCC3)c2)nc1.Nc1nc(OCC2CCOCC2)cc2c1CC(=O)N2Cc1ccc(-c2ccc(CN3CCCC3)cc2)nc1. The Hall–Kier alpha value is -10.4. The first-order valence-corrected chi connectivity index (χ1v) is 38.9. The minimum atomic E-state index is 0.00717. The average molecular weight is 1460 g/mol. The molecule has 22 nitrogen and oxygen atoms in total. The third-order valence-electron chi connectivity index (χ3n) is 21.4. The number of nitrogens with zero attached hydrogens (tertiary/aromatic N) is 12. The van der Waals surface area contributed by atoms with Gasteiger partial charge in [-0.1, -0.05) is 112 Å². The molecule has 0 aliphatic carbocycles. The van der Waals surface area contributed by atoms with Crippen LogP contribution in [0.3, 0.4) is 0 Å². The number of likely N-dealkylation sites (tertiary alicyclic amines) is 3. The lowest BCUT2D eigenvalue weighted by Crippen LogP contribution is -2.26. The number of anilines is 6. The van der Waals surface area contributed by atoms with E-state index in [1.807, 2.05) is 73.2 Å². The molecule has 562 valence electrons. The summed E-state index contributed by atoms with van der Waals surface area (Å²) >= 11 is 0. The summed E-state index contributed by atoms with van der Waals surface area (Å²) in [5, 5.41) is 0. The highest BCUT2D eigenvalue weighted by atomic mass is 16.5. The Balaban J connectivity index is 0.000000136. The number of aromatic nitrogens is 6. The van der Waals surface area contributed by atoms with Gasteiger partial charge in [0.05, 0.1) is 92.9 Å². The molecule has 0 spiro atoms. The van der Waals surface area contributed by atoms with Crippen molar-refractivity contribution in [3.8, 4) is 51.4 Å². The fourth-order valence-corrected chi connectivity index (χ4v) is 15.2. The van der Waals surface area contributed by atoms with Crippen LogP contribution in [0.4, 0.5) is 34.5 Å². The fourth-order valence-electron chi connectivity index (χ4n) is 15.2. The molecule has 4 fully saturated rings. The van der Waals surface area contributed by atoms with Gasteiger partial charge in [-0.05, 0) is 167 Å². The molecule has 6 aromatic heterocycles. The summed E-state index contributed by atoms with van der Waals surface area (Å²) in [6, 6.07) is 43.7. The number of fused-ring (bicyclic) bond motifs is 3. The number of amides is 3. The quantitative estimate of drug-likeness (QED) is 0.0425. The lowest BCUT2D eigenvalue weighted by atomic mass is 10.0. The Kier molecular flexibility index (Phi) is 24.5. The number of rotatable bonds is 26. The van der Waals surface area contributed by atoms with Gasteiger partial charge < -0.3 is 50.8 Å². The third-order valence-corrected chi connectivity index (χ3v) is 21.4. The molecule has 0 bridgehead atoms. The van der Waals surface area contributed by atoms with Crippen molar-refractivity contribution in [2.24, 2.45) is 5.92 Å². The van der Waals surface area contributed by atoms with Crippen molar-refractivity contribution in [1.82, 2.24) is 44.6 Å². The van der Waals surface area contributed by atoms with Gasteiger partial charge in [0.1, 0.15) is 17.5 Å². The van der Waals surface area contributed by atoms with E-state index in [0.717, 1.165) is 156 Å². The van der Waals surface area contributed by atoms with Crippen molar-refractivity contribution in [3.05, 3.63) is 196 Å². The molecule has 13 heterocycles. The van der Waals surface area contributed by atoms with E-state index in [1.54, 1.807) is 14.7 Å². The van der Waals surface area contributed by atoms with Gasteiger partial charge >= 0.3 is 0 Å². The molecule has 7 aliphatic rings. The number of ether oxygens (including phenoxy) is 4. The van der Waals surface area contributed by atoms with Crippen LogP contribution >= 0.6 is 0 Å². The lowest BCUT2D eigenvalue weighted by molar-refractivity contribution is -0.118. The monoisotopic (exact) mass is 1460 g/mol. The van der Waals surface area contributed by atoms with Gasteiger partial charge in [0.25, 0.3) is 0 Å². The minimum Gasteiger partial charge on any atom is -0.478 e. The van der Waals surface area contributed by atoms with Crippen molar-refractivity contribution in [2.45, 2.75) is 149 Å². The van der Waals surface area contributed by atoms with Crippen LogP contribution in [0.25, 0.3) is 33.8 Å². The first-order valence-electron chi connectivity index (χ1n) is 38.9. The summed E-state index contributed by atoms with van der Waals surface area (Å²) in [4.78, 5) is 78.5. The van der Waals surface area contributed by atoms with Crippen molar-refractivity contribution < 1.29 is 33.3 Å². The number of nitrogen functional groups attached to an aromatic ring is 3. The molecule has 3 amide bonds. The lowest BCUT2D eigenvalue weighted by Gasteiger charge is -2.22. The second-order valence-corrected chi connectivity index (χ2v) is 29.5. The van der Waals surface area contributed by atoms with Crippen LogP contribution in [0.1, 0.15) is 141 Å². The maximum atomic E-state index is 12.9. The van der Waals surface area contributed by atoms with Gasteiger partial charge in [-0.15, -0.1) is 0 Å². The van der Waals surface area contributed by atoms with Crippen molar-refractivity contribution in [2.75, 3.05) is 104 Å². The standard InChI is InChI=1S/C30H35N5O3.2C28H33N5O2/c31-30-25-15-29(36)35(27(25)16-28(33-30)38-20-22-9-13-37-14-10-22)19-23-5-8-26(32-17-23)24-6-3-21(4-7-24)18-34-11-1-2-12-34;1-2-3-14-35-26-16-25-23(28(29)31-26)15-27(34)33(25)19-21-8-11-24(30-17-21)22-9-6-20(7-10-22)18-32-12-4-5-13-32;1-2-3-13-35-26-16-25-23(28(29)31-26)15-27(34)33(25)19-21-9-10-24(30-17-21)22-8-6-7-20(14-22)18-32-11-4-5-12-32/h3-8,16-17,22H,1-2,9-15,18-20H2,(H2,31,33);6-11,16-17H,2-5,12-15,18-19H2,1H3,(H2,29,31);6-10,14,16-17H,2-5,11-13,15,18-19H2,1H3,(H2,29,31). The molecule has 0 radical (unpaired) electrons. The summed E-state index contributed by atoms with van der Waals surface area (Å²) < 4.78 is 22.9. The number of pyridine rings is 6. The van der Waals surface area contributed by atoms with E-state index in [2.05, 4.69) is 121 Å². The Morgan fingerprint density at radius 2 is 0.769 bits per heavy atom. The average Bonchev–Trinajstić information content (AvgIpc) is 1.63. The van der Waals surface area contributed by atoms with Crippen molar-refractivity contribution >= 4 is 52.2 Å². The number of carbonyl (C=O) groups excluding carboxylic acids is 3. The number of hydrogen-bond donors (Lipinski definition) is 3. The second kappa shape index (κ2) is 35.6. The maximum Gasteiger partial charge on any atom is 0.231 e. The Labute approximate surface area is 634 Å². The van der Waals surface area contributed by atoms with Gasteiger partial charge in [0, 0.05) is 103 Å². The van der Waals surface area contributed by atoms with E-state index in [0.29, 0.717) is 80.5 Å². The normalized spacial score (nSPS) is 16.5. The summed E-state index contributed by atoms with van der Waals surface area (Å²) in [6.45, 7) is 19.0. The smallest absolute Gasteiger partial charge is 0.231 e. The molecule has 108 heavy (non-hydrogen) atoms. The van der Waals surface area contributed by atoms with Gasteiger partial charge in [-0.3, -0.25) is 44.0 Å². The predicted octanol–water partition coefficient (Wildman–Crippen LogP) is 13.4. The van der Waals surface area contributed by atoms with E-state index in [9.17, 15) is 14.4 Å². The highest BCUT2D eigenvalue weighted by molar-refractivity contribution is 6.04. The van der Waals surface area contributed by atoms with Crippen LogP contribution < -0.4 is 46.1 Å². The molecule has 7 aliphatic heterocycles. The molecular weight excluding hydrogens is 1360 g/mol.